The topological polar surface area (TPSA) is 38.8 Å². The first kappa shape index (κ1) is 24.4. The van der Waals surface area contributed by atoms with Gasteiger partial charge >= 0.3 is 0 Å². The molecule has 1 aliphatic heterocycles. The first-order valence-electron chi connectivity index (χ1n) is 12.3. The quantitative estimate of drug-likeness (QED) is 0.322. The van der Waals surface area contributed by atoms with E-state index in [0.717, 1.165) is 58.9 Å². The van der Waals surface area contributed by atoms with Gasteiger partial charge < -0.3 is 18.9 Å². The molecule has 1 saturated heterocycles. The van der Waals surface area contributed by atoms with E-state index in [1.54, 1.807) is 20.3 Å². The standard InChI is InChI=1S/C30H32ClN2O3/c1-33(20-22-6-4-5-7-27(22)31)14-12-32(13-15-33)25-10-8-21(9-11-25)16-24-17-23-18-28(35-2)29(36-3)19-26(23)30(24)34/h4-11,16,18-19H,12-15,17,20H2,1-3H3/q+1/b24-16+. The number of carbonyl (C=O) groups is 1. The van der Waals surface area contributed by atoms with Crippen molar-refractivity contribution in [1.82, 2.24) is 0 Å². The number of fused-ring (bicyclic) bond motifs is 1. The van der Waals surface area contributed by atoms with E-state index in [9.17, 15) is 4.79 Å². The van der Waals surface area contributed by atoms with Crippen LogP contribution in [-0.2, 0) is 13.0 Å². The Balaban J connectivity index is 1.25. The number of piperazine rings is 1. The second-order valence-electron chi connectivity index (χ2n) is 9.93. The highest BCUT2D eigenvalue weighted by Gasteiger charge is 2.30. The predicted octanol–water partition coefficient (Wildman–Crippen LogP) is 5.65. The van der Waals surface area contributed by atoms with Crippen molar-refractivity contribution in [2.75, 3.05) is 52.3 Å². The number of Topliss-reactive ketones (excluding diaryl/α,β-unsaturated/α-hetero) is 1. The van der Waals surface area contributed by atoms with Crippen molar-refractivity contribution in [3.8, 4) is 11.5 Å². The van der Waals surface area contributed by atoms with E-state index in [1.165, 1.54) is 11.3 Å². The van der Waals surface area contributed by atoms with Crippen LogP contribution < -0.4 is 14.4 Å². The van der Waals surface area contributed by atoms with Gasteiger partial charge in [-0.15, -0.1) is 0 Å². The number of carbonyl (C=O) groups excluding carboxylic acids is 1. The molecule has 0 bridgehead atoms. The number of ether oxygens (including phenoxy) is 2. The van der Waals surface area contributed by atoms with Gasteiger partial charge in [0.2, 0.25) is 0 Å². The molecule has 0 spiro atoms. The van der Waals surface area contributed by atoms with E-state index in [4.69, 9.17) is 21.1 Å². The van der Waals surface area contributed by atoms with Gasteiger partial charge in [-0.05, 0) is 47.5 Å². The summed E-state index contributed by atoms with van der Waals surface area (Å²) in [5.74, 6) is 1.29. The average molecular weight is 504 g/mol. The number of likely N-dealkylation sites (N-methyl/N-ethyl adjacent to an activating group) is 1. The minimum Gasteiger partial charge on any atom is -0.493 e. The Morgan fingerprint density at radius 3 is 2.31 bits per heavy atom. The summed E-state index contributed by atoms with van der Waals surface area (Å²) >= 11 is 6.41. The van der Waals surface area contributed by atoms with Gasteiger partial charge in [0.05, 0.1) is 47.4 Å². The molecular formula is C30H32ClN2O3+. The molecule has 36 heavy (non-hydrogen) atoms. The van der Waals surface area contributed by atoms with Gasteiger partial charge in [0.1, 0.15) is 6.54 Å². The zero-order valence-electron chi connectivity index (χ0n) is 21.1. The Kier molecular flexibility index (Phi) is 6.78. The van der Waals surface area contributed by atoms with E-state index in [1.807, 2.05) is 24.3 Å². The number of hydrogen-bond donors (Lipinski definition) is 0. The molecule has 186 valence electrons. The molecule has 2 aliphatic rings. The second kappa shape index (κ2) is 10.00. The molecule has 6 heteroatoms. The molecule has 0 radical (unpaired) electrons. The highest BCUT2D eigenvalue weighted by molar-refractivity contribution is 6.31. The van der Waals surface area contributed by atoms with Gasteiger partial charge in [0, 0.05) is 33.8 Å². The lowest BCUT2D eigenvalue weighted by Crippen LogP contribution is -2.56. The van der Waals surface area contributed by atoms with Crippen molar-refractivity contribution in [2.24, 2.45) is 0 Å². The maximum Gasteiger partial charge on any atom is 0.189 e. The van der Waals surface area contributed by atoms with E-state index in [0.29, 0.717) is 23.5 Å². The van der Waals surface area contributed by atoms with Crippen molar-refractivity contribution in [1.29, 1.82) is 0 Å². The molecule has 3 aromatic rings. The summed E-state index contributed by atoms with van der Waals surface area (Å²) in [6.45, 7) is 5.08. The fourth-order valence-electron chi connectivity index (χ4n) is 5.24. The molecule has 0 amide bonds. The molecule has 5 rings (SSSR count). The zero-order valence-corrected chi connectivity index (χ0v) is 21.8. The van der Waals surface area contributed by atoms with Crippen molar-refractivity contribution in [2.45, 2.75) is 13.0 Å². The summed E-state index contributed by atoms with van der Waals surface area (Å²) < 4.78 is 11.8. The number of hydrogen-bond acceptors (Lipinski definition) is 4. The average Bonchev–Trinajstić information content (AvgIpc) is 3.19. The largest absolute Gasteiger partial charge is 0.493 e. The number of ketones is 1. The van der Waals surface area contributed by atoms with Gasteiger partial charge in [0.25, 0.3) is 0 Å². The Morgan fingerprint density at radius 2 is 1.64 bits per heavy atom. The van der Waals surface area contributed by atoms with Crippen LogP contribution in [0.15, 0.2) is 66.2 Å². The number of anilines is 1. The molecule has 0 atom stereocenters. The van der Waals surface area contributed by atoms with Crippen LogP contribution in [0.25, 0.3) is 6.08 Å². The third-order valence-corrected chi connectivity index (χ3v) is 7.82. The molecule has 5 nitrogen and oxygen atoms in total. The first-order chi connectivity index (χ1) is 17.4. The van der Waals surface area contributed by atoms with E-state index in [2.05, 4.69) is 48.3 Å². The van der Waals surface area contributed by atoms with Crippen LogP contribution in [0.1, 0.15) is 27.0 Å². The Bertz CT molecular complexity index is 1310. The van der Waals surface area contributed by atoms with Crippen LogP contribution in [0.2, 0.25) is 5.02 Å². The number of benzene rings is 3. The van der Waals surface area contributed by atoms with Crippen LogP contribution >= 0.6 is 11.6 Å². The minimum absolute atomic E-state index is 0.0571. The molecule has 1 fully saturated rings. The Labute approximate surface area is 218 Å². The maximum atomic E-state index is 13.0. The predicted molar refractivity (Wildman–Crippen MR) is 145 cm³/mol. The molecule has 0 aromatic heterocycles. The number of methoxy groups -OCH3 is 2. The number of allylic oxidation sites excluding steroid dienone is 1. The van der Waals surface area contributed by atoms with Gasteiger partial charge in [-0.25, -0.2) is 0 Å². The van der Waals surface area contributed by atoms with E-state index < -0.39 is 0 Å². The molecule has 1 aliphatic carbocycles. The number of quaternary nitrogens is 1. The van der Waals surface area contributed by atoms with Gasteiger partial charge in [-0.3, -0.25) is 4.79 Å². The molecule has 0 N–H and O–H groups in total. The maximum absolute atomic E-state index is 13.0. The van der Waals surface area contributed by atoms with Crippen molar-refractivity contribution in [3.63, 3.8) is 0 Å². The zero-order chi connectivity index (χ0) is 25.3. The minimum atomic E-state index is 0.0571. The van der Waals surface area contributed by atoms with Gasteiger partial charge in [-0.2, -0.15) is 0 Å². The van der Waals surface area contributed by atoms with E-state index in [-0.39, 0.29) is 5.78 Å². The Hall–Kier alpha value is -3.28. The normalized spacial score (nSPS) is 17.8. The van der Waals surface area contributed by atoms with Gasteiger partial charge in [0.15, 0.2) is 17.3 Å². The number of nitrogens with zero attached hydrogens (tertiary/aromatic N) is 2. The lowest BCUT2D eigenvalue weighted by molar-refractivity contribution is -0.923. The lowest BCUT2D eigenvalue weighted by Gasteiger charge is -2.43. The SMILES string of the molecule is COc1cc2c(cc1OC)C(=O)/C(=C/c1ccc(N3CC[N+](C)(Cc4ccccc4Cl)CC3)cc1)C2. The van der Waals surface area contributed by atoms with Crippen LogP contribution in [0.4, 0.5) is 5.69 Å². The van der Waals surface area contributed by atoms with Crippen molar-refractivity contribution >= 4 is 29.1 Å². The van der Waals surface area contributed by atoms with Crippen LogP contribution in [-0.4, -0.2) is 57.7 Å². The number of rotatable bonds is 6. The highest BCUT2D eigenvalue weighted by atomic mass is 35.5. The van der Waals surface area contributed by atoms with Crippen LogP contribution in [0, 0.1) is 0 Å². The first-order valence-corrected chi connectivity index (χ1v) is 12.7. The number of halogens is 1. The van der Waals surface area contributed by atoms with Crippen LogP contribution in [0.3, 0.4) is 0 Å². The molecule has 0 saturated carbocycles. The van der Waals surface area contributed by atoms with Gasteiger partial charge in [-0.1, -0.05) is 41.9 Å². The van der Waals surface area contributed by atoms with E-state index >= 15 is 0 Å². The lowest BCUT2D eigenvalue weighted by atomic mass is 10.1. The molecule has 3 aromatic carbocycles. The third-order valence-electron chi connectivity index (χ3n) is 7.46. The highest BCUT2D eigenvalue weighted by Crippen LogP contribution is 2.37. The molecule has 1 heterocycles. The fourth-order valence-corrected chi connectivity index (χ4v) is 5.43. The summed E-state index contributed by atoms with van der Waals surface area (Å²) in [5.41, 5.74) is 5.93. The fraction of sp³-hybridized carbons (Fsp3) is 0.300. The van der Waals surface area contributed by atoms with Crippen molar-refractivity contribution in [3.05, 3.63) is 93.5 Å². The second-order valence-corrected chi connectivity index (χ2v) is 10.3. The molecular weight excluding hydrogens is 472 g/mol. The van der Waals surface area contributed by atoms with Crippen molar-refractivity contribution < 1.29 is 18.8 Å². The summed E-state index contributed by atoms with van der Waals surface area (Å²) in [4.78, 5) is 15.5. The summed E-state index contributed by atoms with van der Waals surface area (Å²) in [6.07, 6.45) is 2.60. The smallest absolute Gasteiger partial charge is 0.189 e. The molecule has 0 unspecified atom stereocenters. The summed E-state index contributed by atoms with van der Waals surface area (Å²) in [7, 11) is 5.51. The van der Waals surface area contributed by atoms with Crippen LogP contribution in [0.5, 0.6) is 11.5 Å². The monoisotopic (exact) mass is 503 g/mol. The summed E-state index contributed by atoms with van der Waals surface area (Å²) in [6, 6.07) is 20.4. The summed E-state index contributed by atoms with van der Waals surface area (Å²) in [5, 5.41) is 0.853. The third kappa shape index (κ3) is 4.86. The Morgan fingerprint density at radius 1 is 0.972 bits per heavy atom.